The molecule has 8 nitrogen and oxygen atoms in total. The molecule has 0 amide bonds. The molecule has 29 heavy (non-hydrogen) atoms. The molecule has 0 fully saturated rings. The summed E-state index contributed by atoms with van der Waals surface area (Å²) in [6, 6.07) is 7.65. The average Bonchev–Trinajstić information content (AvgIpc) is 3.24. The van der Waals surface area contributed by atoms with Crippen LogP contribution >= 0.6 is 0 Å². The lowest BCUT2D eigenvalue weighted by molar-refractivity contribution is 0.588. The van der Waals surface area contributed by atoms with Gasteiger partial charge in [-0.15, -0.1) is 0 Å². The number of rotatable bonds is 3. The van der Waals surface area contributed by atoms with Crippen LogP contribution in [0.5, 0.6) is 0 Å². The molecule has 0 saturated heterocycles. The van der Waals surface area contributed by atoms with Crippen molar-refractivity contribution in [1.82, 2.24) is 34.9 Å². The van der Waals surface area contributed by atoms with E-state index in [1.54, 1.807) is 18.2 Å². The standard InChI is InChI=1S/C19H14F2N8/c1-9-14-16(22)24-18(25-17(14)27-26-9)15-12-6-11(20)7-23-19(12)29(28-15)8-10-4-2-3-5-13(10)21/h2-7H,8H2,1H3,(H3,22,24,25,26,27). The second-order valence-corrected chi connectivity index (χ2v) is 6.60. The third-order valence-corrected chi connectivity index (χ3v) is 4.67. The van der Waals surface area contributed by atoms with Gasteiger partial charge in [-0.25, -0.2) is 28.4 Å². The van der Waals surface area contributed by atoms with E-state index in [0.717, 1.165) is 11.9 Å². The van der Waals surface area contributed by atoms with Crippen LogP contribution in [0.15, 0.2) is 36.5 Å². The largest absolute Gasteiger partial charge is 0.383 e. The molecule has 4 aromatic heterocycles. The average molecular weight is 392 g/mol. The van der Waals surface area contributed by atoms with Crippen LogP contribution in [0, 0.1) is 18.6 Å². The van der Waals surface area contributed by atoms with Crippen molar-refractivity contribution in [3.05, 3.63) is 59.4 Å². The smallest absolute Gasteiger partial charge is 0.187 e. The van der Waals surface area contributed by atoms with Crippen molar-refractivity contribution in [3.8, 4) is 11.5 Å². The molecule has 0 unspecified atom stereocenters. The topological polar surface area (TPSA) is 111 Å². The fourth-order valence-electron chi connectivity index (χ4n) is 3.30. The van der Waals surface area contributed by atoms with Crippen LogP contribution in [0.4, 0.5) is 14.6 Å². The number of hydrogen-bond donors (Lipinski definition) is 2. The Hall–Kier alpha value is -3.95. The molecule has 5 aromatic rings. The molecule has 1 aromatic carbocycles. The quantitative estimate of drug-likeness (QED) is 0.488. The van der Waals surface area contributed by atoms with E-state index in [1.807, 2.05) is 6.92 Å². The highest BCUT2D eigenvalue weighted by Gasteiger charge is 2.20. The summed E-state index contributed by atoms with van der Waals surface area (Å²) in [7, 11) is 0. The van der Waals surface area contributed by atoms with Crippen LogP contribution in [0.1, 0.15) is 11.3 Å². The van der Waals surface area contributed by atoms with Crippen LogP contribution < -0.4 is 5.73 Å². The first kappa shape index (κ1) is 17.2. The van der Waals surface area contributed by atoms with E-state index in [4.69, 9.17) is 5.73 Å². The van der Waals surface area contributed by atoms with Gasteiger partial charge in [0.15, 0.2) is 17.1 Å². The molecule has 0 atom stereocenters. The molecule has 4 heterocycles. The monoisotopic (exact) mass is 392 g/mol. The molecular formula is C19H14F2N8. The molecule has 0 aliphatic rings. The molecule has 0 aliphatic heterocycles. The number of nitrogens with one attached hydrogen (secondary N) is 1. The predicted molar refractivity (Wildman–Crippen MR) is 103 cm³/mol. The Morgan fingerprint density at radius 3 is 2.83 bits per heavy atom. The highest BCUT2D eigenvalue weighted by Crippen LogP contribution is 2.29. The summed E-state index contributed by atoms with van der Waals surface area (Å²) in [5.41, 5.74) is 8.30. The van der Waals surface area contributed by atoms with E-state index >= 15 is 0 Å². The van der Waals surface area contributed by atoms with Crippen molar-refractivity contribution in [2.45, 2.75) is 13.5 Å². The normalized spacial score (nSPS) is 11.6. The molecule has 10 heteroatoms. The SMILES string of the molecule is Cc1[nH]nc2nc(-c3nn(Cc4ccccc4F)c4ncc(F)cc34)nc(N)c12. The van der Waals surface area contributed by atoms with E-state index in [0.29, 0.717) is 27.6 Å². The summed E-state index contributed by atoms with van der Waals surface area (Å²) in [5, 5.41) is 12.4. The zero-order chi connectivity index (χ0) is 20.1. The minimum atomic E-state index is -0.533. The second kappa shape index (κ2) is 6.30. The van der Waals surface area contributed by atoms with Crippen molar-refractivity contribution >= 4 is 27.9 Å². The Morgan fingerprint density at radius 2 is 2.00 bits per heavy atom. The van der Waals surface area contributed by atoms with Gasteiger partial charge in [0.2, 0.25) is 0 Å². The number of aromatic nitrogens is 7. The van der Waals surface area contributed by atoms with Crippen LogP contribution in [-0.2, 0) is 6.54 Å². The zero-order valence-electron chi connectivity index (χ0n) is 15.2. The number of aryl methyl sites for hydroxylation is 1. The Kier molecular flexibility index (Phi) is 3.73. The van der Waals surface area contributed by atoms with Gasteiger partial charge < -0.3 is 5.73 Å². The minimum Gasteiger partial charge on any atom is -0.383 e. The molecule has 5 rings (SSSR count). The molecule has 144 valence electrons. The van der Waals surface area contributed by atoms with Gasteiger partial charge in [0.1, 0.15) is 23.1 Å². The summed E-state index contributed by atoms with van der Waals surface area (Å²) >= 11 is 0. The van der Waals surface area contributed by atoms with Gasteiger partial charge in [-0.3, -0.25) is 5.10 Å². The first-order chi connectivity index (χ1) is 14.0. The molecule has 0 bridgehead atoms. The van der Waals surface area contributed by atoms with Crippen molar-refractivity contribution in [1.29, 1.82) is 0 Å². The maximum atomic E-state index is 14.1. The van der Waals surface area contributed by atoms with Crippen LogP contribution in [0.25, 0.3) is 33.6 Å². The van der Waals surface area contributed by atoms with Gasteiger partial charge in [-0.2, -0.15) is 10.2 Å². The van der Waals surface area contributed by atoms with Gasteiger partial charge in [-0.05, 0) is 19.1 Å². The molecule has 0 saturated carbocycles. The van der Waals surface area contributed by atoms with Crippen molar-refractivity contribution in [2.75, 3.05) is 5.73 Å². The first-order valence-corrected chi connectivity index (χ1v) is 8.75. The lowest BCUT2D eigenvalue weighted by Gasteiger charge is -2.04. The van der Waals surface area contributed by atoms with Gasteiger partial charge in [0, 0.05) is 11.3 Å². The third kappa shape index (κ3) is 2.76. The van der Waals surface area contributed by atoms with E-state index < -0.39 is 5.82 Å². The summed E-state index contributed by atoms with van der Waals surface area (Å²) in [4.78, 5) is 12.9. The number of benzene rings is 1. The summed E-state index contributed by atoms with van der Waals surface area (Å²) < 4.78 is 29.5. The summed E-state index contributed by atoms with van der Waals surface area (Å²) in [5.74, 6) is -0.480. The number of pyridine rings is 1. The third-order valence-electron chi connectivity index (χ3n) is 4.67. The Labute approximate surface area is 162 Å². The summed E-state index contributed by atoms with van der Waals surface area (Å²) in [6.07, 6.45) is 1.08. The Bertz CT molecular complexity index is 1390. The number of anilines is 1. The van der Waals surface area contributed by atoms with Gasteiger partial charge in [0.05, 0.1) is 23.5 Å². The number of fused-ring (bicyclic) bond motifs is 2. The highest BCUT2D eigenvalue weighted by atomic mass is 19.1. The van der Waals surface area contributed by atoms with Crippen molar-refractivity contribution in [3.63, 3.8) is 0 Å². The van der Waals surface area contributed by atoms with Gasteiger partial charge in [-0.1, -0.05) is 18.2 Å². The van der Waals surface area contributed by atoms with Crippen molar-refractivity contribution in [2.24, 2.45) is 0 Å². The number of halogens is 2. The highest BCUT2D eigenvalue weighted by molar-refractivity contribution is 5.93. The van der Waals surface area contributed by atoms with Crippen LogP contribution in [-0.4, -0.2) is 34.9 Å². The van der Waals surface area contributed by atoms with Crippen LogP contribution in [0.3, 0.4) is 0 Å². The summed E-state index contributed by atoms with van der Waals surface area (Å²) in [6.45, 7) is 1.92. The lowest BCUT2D eigenvalue weighted by Crippen LogP contribution is -2.05. The number of nitrogen functional groups attached to an aromatic ring is 1. The number of nitrogens with two attached hydrogens (primary N) is 1. The van der Waals surface area contributed by atoms with E-state index in [9.17, 15) is 8.78 Å². The minimum absolute atomic E-state index is 0.112. The molecule has 0 radical (unpaired) electrons. The lowest BCUT2D eigenvalue weighted by atomic mass is 10.2. The van der Waals surface area contributed by atoms with Crippen molar-refractivity contribution < 1.29 is 8.78 Å². The predicted octanol–water partition coefficient (Wildman–Crippen LogP) is 2.98. The van der Waals surface area contributed by atoms with Crippen LogP contribution in [0.2, 0.25) is 0 Å². The van der Waals surface area contributed by atoms with E-state index in [-0.39, 0.29) is 29.7 Å². The number of H-pyrrole nitrogens is 1. The molecular weight excluding hydrogens is 378 g/mol. The maximum Gasteiger partial charge on any atom is 0.187 e. The molecule has 0 aliphatic carbocycles. The number of hydrogen-bond acceptors (Lipinski definition) is 6. The Morgan fingerprint density at radius 1 is 1.17 bits per heavy atom. The van der Waals surface area contributed by atoms with E-state index in [2.05, 4.69) is 30.2 Å². The number of aromatic amines is 1. The fourth-order valence-corrected chi connectivity index (χ4v) is 3.30. The zero-order valence-corrected chi connectivity index (χ0v) is 15.2. The first-order valence-electron chi connectivity index (χ1n) is 8.75. The molecule has 3 N–H and O–H groups in total. The fraction of sp³-hybridized carbons (Fsp3) is 0.105. The molecule has 0 spiro atoms. The van der Waals surface area contributed by atoms with E-state index in [1.165, 1.54) is 16.8 Å². The maximum absolute atomic E-state index is 14.1. The van der Waals surface area contributed by atoms with Gasteiger partial charge in [0.25, 0.3) is 0 Å². The number of nitrogens with zero attached hydrogens (tertiary/aromatic N) is 6. The van der Waals surface area contributed by atoms with Gasteiger partial charge >= 0.3 is 0 Å². The Balaban J connectivity index is 1.72. The second-order valence-electron chi connectivity index (χ2n) is 6.60.